The normalized spacial score (nSPS) is 11.5. The highest BCUT2D eigenvalue weighted by atomic mass is 19.2. The number of aliphatic hydroxyl groups excluding tert-OH is 1. The second kappa shape index (κ2) is 9.77. The van der Waals surface area contributed by atoms with Gasteiger partial charge in [-0.3, -0.25) is 4.79 Å². The summed E-state index contributed by atoms with van der Waals surface area (Å²) in [5.74, 6) is -3.13. The van der Waals surface area contributed by atoms with Crippen molar-refractivity contribution >= 4 is 23.3 Å². The average molecular weight is 429 g/mol. The summed E-state index contributed by atoms with van der Waals surface area (Å²) >= 11 is 0. The van der Waals surface area contributed by atoms with Crippen LogP contribution in [0.15, 0.2) is 66.7 Å². The Morgan fingerprint density at radius 3 is 2.26 bits per heavy atom. The Morgan fingerprint density at radius 1 is 0.839 bits per heavy atom. The van der Waals surface area contributed by atoms with E-state index in [0.717, 1.165) is 12.1 Å². The summed E-state index contributed by atoms with van der Waals surface area (Å²) in [6.07, 6.45) is -1.25. The number of urea groups is 1. The van der Waals surface area contributed by atoms with Crippen molar-refractivity contribution in [3.8, 4) is 0 Å². The molecule has 1 atom stereocenters. The van der Waals surface area contributed by atoms with Crippen molar-refractivity contribution in [2.75, 3.05) is 17.2 Å². The lowest BCUT2D eigenvalue weighted by atomic mass is 10.1. The molecule has 0 saturated heterocycles. The zero-order chi connectivity index (χ0) is 22.4. The van der Waals surface area contributed by atoms with E-state index in [1.165, 1.54) is 42.5 Å². The first kappa shape index (κ1) is 21.8. The summed E-state index contributed by atoms with van der Waals surface area (Å²) in [5, 5.41) is 17.5. The SMILES string of the molecule is O=C(NCC(O)c1ccc(F)c(F)c1)Nc1cccc(C(=O)Nc2cccc(F)c2)c1. The van der Waals surface area contributed by atoms with Gasteiger partial charge in [0.2, 0.25) is 0 Å². The van der Waals surface area contributed by atoms with Gasteiger partial charge in [0, 0.05) is 23.5 Å². The van der Waals surface area contributed by atoms with Crippen molar-refractivity contribution in [1.82, 2.24) is 5.32 Å². The number of hydrogen-bond acceptors (Lipinski definition) is 3. The summed E-state index contributed by atoms with van der Waals surface area (Å²) in [6.45, 7) is -0.253. The number of amides is 3. The highest BCUT2D eigenvalue weighted by Gasteiger charge is 2.13. The molecule has 0 aliphatic heterocycles. The molecule has 6 nitrogen and oxygen atoms in total. The van der Waals surface area contributed by atoms with Crippen molar-refractivity contribution in [2.24, 2.45) is 0 Å². The predicted molar refractivity (Wildman–Crippen MR) is 109 cm³/mol. The largest absolute Gasteiger partial charge is 0.387 e. The van der Waals surface area contributed by atoms with E-state index in [1.807, 2.05) is 0 Å². The van der Waals surface area contributed by atoms with Gasteiger partial charge in [-0.2, -0.15) is 0 Å². The molecule has 9 heteroatoms. The standard InChI is InChI=1S/C22H18F3N3O3/c23-15-4-2-6-17(11-15)27-21(30)14-3-1-5-16(9-14)28-22(31)26-12-20(29)13-7-8-18(24)19(25)10-13/h1-11,20,29H,12H2,(H,27,30)(H2,26,28,31). The Hall–Kier alpha value is -3.85. The lowest BCUT2D eigenvalue weighted by Gasteiger charge is -2.13. The van der Waals surface area contributed by atoms with E-state index >= 15 is 0 Å². The van der Waals surface area contributed by atoms with Crippen LogP contribution in [-0.2, 0) is 0 Å². The van der Waals surface area contributed by atoms with Gasteiger partial charge in [-0.1, -0.05) is 18.2 Å². The highest BCUT2D eigenvalue weighted by Crippen LogP contribution is 2.17. The van der Waals surface area contributed by atoms with Gasteiger partial charge in [-0.25, -0.2) is 18.0 Å². The van der Waals surface area contributed by atoms with Gasteiger partial charge >= 0.3 is 6.03 Å². The molecule has 0 heterocycles. The van der Waals surface area contributed by atoms with E-state index in [0.29, 0.717) is 5.69 Å². The number of aliphatic hydroxyl groups is 1. The molecular formula is C22H18F3N3O3. The van der Waals surface area contributed by atoms with Crippen molar-refractivity contribution in [1.29, 1.82) is 0 Å². The molecule has 31 heavy (non-hydrogen) atoms. The molecule has 4 N–H and O–H groups in total. The quantitative estimate of drug-likeness (QED) is 0.473. The molecule has 160 valence electrons. The van der Waals surface area contributed by atoms with Crippen LogP contribution in [0.4, 0.5) is 29.3 Å². The third-order valence-corrected chi connectivity index (χ3v) is 4.25. The summed E-state index contributed by atoms with van der Waals surface area (Å²) < 4.78 is 39.5. The van der Waals surface area contributed by atoms with E-state index in [-0.39, 0.29) is 23.4 Å². The van der Waals surface area contributed by atoms with Gasteiger partial charge in [0.1, 0.15) is 5.82 Å². The number of halogens is 3. The number of benzene rings is 3. The van der Waals surface area contributed by atoms with Crippen LogP contribution in [0.5, 0.6) is 0 Å². The zero-order valence-corrected chi connectivity index (χ0v) is 16.0. The number of anilines is 2. The molecule has 0 aliphatic carbocycles. The van der Waals surface area contributed by atoms with Crippen molar-refractivity contribution in [3.05, 3.63) is 95.3 Å². The van der Waals surface area contributed by atoms with E-state index in [2.05, 4.69) is 16.0 Å². The highest BCUT2D eigenvalue weighted by molar-refractivity contribution is 6.05. The van der Waals surface area contributed by atoms with E-state index in [9.17, 15) is 27.9 Å². The van der Waals surface area contributed by atoms with Crippen LogP contribution in [-0.4, -0.2) is 23.6 Å². The third kappa shape index (κ3) is 6.06. The number of rotatable bonds is 6. The molecule has 0 saturated carbocycles. The van der Waals surface area contributed by atoms with Gasteiger partial charge in [0.15, 0.2) is 11.6 Å². The average Bonchev–Trinajstić information content (AvgIpc) is 2.74. The maximum atomic E-state index is 13.2. The first-order valence-corrected chi connectivity index (χ1v) is 9.16. The molecule has 1 unspecified atom stereocenters. The van der Waals surface area contributed by atoms with Gasteiger partial charge in [0.05, 0.1) is 6.10 Å². The molecule has 0 bridgehead atoms. The van der Waals surface area contributed by atoms with Crippen LogP contribution >= 0.6 is 0 Å². The molecule has 0 fully saturated rings. The summed E-state index contributed by atoms with van der Waals surface area (Å²) in [6, 6.07) is 13.7. The van der Waals surface area contributed by atoms with Crippen LogP contribution in [0, 0.1) is 17.5 Å². The fraction of sp³-hybridized carbons (Fsp3) is 0.0909. The number of nitrogens with one attached hydrogen (secondary N) is 3. The first-order chi connectivity index (χ1) is 14.8. The maximum Gasteiger partial charge on any atom is 0.319 e. The smallest absolute Gasteiger partial charge is 0.319 e. The van der Waals surface area contributed by atoms with Crippen LogP contribution in [0.3, 0.4) is 0 Å². The second-order valence-electron chi connectivity index (χ2n) is 6.57. The molecule has 3 rings (SSSR count). The maximum absolute atomic E-state index is 13.2. The molecule has 3 amide bonds. The number of hydrogen-bond donors (Lipinski definition) is 4. The van der Waals surface area contributed by atoms with Gasteiger partial charge < -0.3 is 21.1 Å². The molecule has 0 aromatic heterocycles. The summed E-state index contributed by atoms with van der Waals surface area (Å²) in [4.78, 5) is 24.4. The Morgan fingerprint density at radius 2 is 1.55 bits per heavy atom. The van der Waals surface area contributed by atoms with Crippen LogP contribution in [0.25, 0.3) is 0 Å². The minimum absolute atomic E-state index is 0.107. The molecule has 0 spiro atoms. The van der Waals surface area contributed by atoms with E-state index < -0.39 is 35.5 Å². The topological polar surface area (TPSA) is 90.5 Å². The summed E-state index contributed by atoms with van der Waals surface area (Å²) in [7, 11) is 0. The monoisotopic (exact) mass is 429 g/mol. The van der Waals surface area contributed by atoms with Gasteiger partial charge in [-0.15, -0.1) is 0 Å². The fourth-order valence-corrected chi connectivity index (χ4v) is 2.71. The van der Waals surface area contributed by atoms with Crippen molar-refractivity contribution in [2.45, 2.75) is 6.10 Å². The second-order valence-corrected chi connectivity index (χ2v) is 6.57. The molecule has 3 aromatic rings. The van der Waals surface area contributed by atoms with Gasteiger partial charge in [0.25, 0.3) is 5.91 Å². The third-order valence-electron chi connectivity index (χ3n) is 4.25. The van der Waals surface area contributed by atoms with Crippen LogP contribution in [0.1, 0.15) is 22.0 Å². The molecule has 0 radical (unpaired) electrons. The Balaban J connectivity index is 1.56. The lowest BCUT2D eigenvalue weighted by Crippen LogP contribution is -2.32. The predicted octanol–water partition coefficient (Wildman–Crippen LogP) is 4.21. The number of carbonyl (C=O) groups excluding carboxylic acids is 2. The Kier molecular flexibility index (Phi) is 6.88. The van der Waals surface area contributed by atoms with Crippen molar-refractivity contribution < 1.29 is 27.9 Å². The molecule has 3 aromatic carbocycles. The van der Waals surface area contributed by atoms with Crippen LogP contribution < -0.4 is 16.0 Å². The minimum atomic E-state index is -1.25. The zero-order valence-electron chi connectivity index (χ0n) is 16.0. The fourth-order valence-electron chi connectivity index (χ4n) is 2.71. The lowest BCUT2D eigenvalue weighted by molar-refractivity contribution is 0.102. The first-order valence-electron chi connectivity index (χ1n) is 9.16. The number of carbonyl (C=O) groups is 2. The molecular weight excluding hydrogens is 411 g/mol. The molecule has 0 aliphatic rings. The van der Waals surface area contributed by atoms with E-state index in [1.54, 1.807) is 12.1 Å². The van der Waals surface area contributed by atoms with Crippen molar-refractivity contribution in [3.63, 3.8) is 0 Å². The van der Waals surface area contributed by atoms with Crippen LogP contribution in [0.2, 0.25) is 0 Å². The van der Waals surface area contributed by atoms with Gasteiger partial charge in [-0.05, 0) is 54.1 Å². The summed E-state index contributed by atoms with van der Waals surface area (Å²) in [5.41, 5.74) is 0.915. The Labute approximate surface area is 175 Å². The van der Waals surface area contributed by atoms with E-state index in [4.69, 9.17) is 0 Å². The minimum Gasteiger partial charge on any atom is -0.387 e. The Bertz CT molecular complexity index is 1110.